The summed E-state index contributed by atoms with van der Waals surface area (Å²) in [7, 11) is -3.78. The van der Waals surface area contributed by atoms with Crippen LogP contribution in [0.2, 0.25) is 0 Å². The van der Waals surface area contributed by atoms with Crippen LogP contribution in [-0.2, 0) is 19.6 Å². The predicted molar refractivity (Wildman–Crippen MR) is 100 cm³/mol. The Kier molecular flexibility index (Phi) is 5.91. The Hall–Kier alpha value is -3.38. The van der Waals surface area contributed by atoms with E-state index in [4.69, 9.17) is 4.74 Å². The highest BCUT2D eigenvalue weighted by molar-refractivity contribution is 7.93. The molecule has 0 aliphatic carbocycles. The number of ether oxygens (including phenoxy) is 1. The van der Waals surface area contributed by atoms with Crippen molar-refractivity contribution in [3.05, 3.63) is 60.1 Å². The number of nitrogens with zero attached hydrogens (tertiary/aromatic N) is 3. The SMILES string of the molecule is O=C(COC(=O)c1cnccn1)Nc1ccc(S(=O)(=O)Nc2nccs2)cc1. The summed E-state index contributed by atoms with van der Waals surface area (Å²) in [6.07, 6.45) is 5.44. The summed E-state index contributed by atoms with van der Waals surface area (Å²) in [4.78, 5) is 35.0. The first kappa shape index (κ1) is 19.4. The summed E-state index contributed by atoms with van der Waals surface area (Å²) < 4.78 is 31.7. The topological polar surface area (TPSA) is 140 Å². The monoisotopic (exact) mass is 419 g/mol. The zero-order valence-corrected chi connectivity index (χ0v) is 15.7. The lowest BCUT2D eigenvalue weighted by molar-refractivity contribution is -0.119. The molecule has 1 aromatic carbocycles. The first-order valence-corrected chi connectivity index (χ1v) is 10.1. The van der Waals surface area contributed by atoms with Crippen molar-refractivity contribution >= 4 is 44.1 Å². The number of rotatable bonds is 7. The van der Waals surface area contributed by atoms with Crippen molar-refractivity contribution in [2.45, 2.75) is 4.90 Å². The van der Waals surface area contributed by atoms with Crippen LogP contribution in [-0.4, -0.2) is 41.9 Å². The summed E-state index contributed by atoms with van der Waals surface area (Å²) in [5, 5.41) is 4.39. The minimum atomic E-state index is -3.78. The highest BCUT2D eigenvalue weighted by Gasteiger charge is 2.16. The molecule has 3 aromatic rings. The number of thiazole rings is 1. The summed E-state index contributed by atoms with van der Waals surface area (Å²) in [6, 6.07) is 5.49. The van der Waals surface area contributed by atoms with E-state index in [-0.39, 0.29) is 15.7 Å². The zero-order chi connectivity index (χ0) is 20.0. The number of aromatic nitrogens is 3. The van der Waals surface area contributed by atoms with Crippen molar-refractivity contribution in [2.75, 3.05) is 16.6 Å². The molecule has 28 heavy (non-hydrogen) atoms. The van der Waals surface area contributed by atoms with Crippen LogP contribution in [0.25, 0.3) is 0 Å². The van der Waals surface area contributed by atoms with E-state index in [9.17, 15) is 18.0 Å². The Morgan fingerprint density at radius 1 is 1.07 bits per heavy atom. The maximum atomic E-state index is 12.2. The molecule has 2 aromatic heterocycles. The van der Waals surface area contributed by atoms with Gasteiger partial charge in [-0.15, -0.1) is 11.3 Å². The standard InChI is InChI=1S/C16H13N5O5S2/c22-14(10-26-15(23)13-9-17-5-6-18-13)20-11-1-3-12(4-2-11)28(24,25)21-16-19-7-8-27-16/h1-9H,10H2,(H,19,21)(H,20,22). The van der Waals surface area contributed by atoms with Crippen LogP contribution < -0.4 is 10.0 Å². The van der Waals surface area contributed by atoms with Crippen LogP contribution in [0.15, 0.2) is 59.3 Å². The van der Waals surface area contributed by atoms with E-state index in [1.54, 1.807) is 5.38 Å². The fourth-order valence-electron chi connectivity index (χ4n) is 1.97. The maximum absolute atomic E-state index is 12.2. The van der Waals surface area contributed by atoms with Gasteiger partial charge in [-0.05, 0) is 24.3 Å². The van der Waals surface area contributed by atoms with E-state index in [1.807, 2.05) is 0 Å². The van der Waals surface area contributed by atoms with Gasteiger partial charge in [0.1, 0.15) is 0 Å². The van der Waals surface area contributed by atoms with E-state index in [0.717, 1.165) is 11.3 Å². The Morgan fingerprint density at radius 3 is 2.50 bits per heavy atom. The lowest BCUT2D eigenvalue weighted by Gasteiger charge is -2.08. The molecule has 10 nitrogen and oxygen atoms in total. The quantitative estimate of drug-likeness (QED) is 0.550. The lowest BCUT2D eigenvalue weighted by Crippen LogP contribution is -2.21. The molecule has 0 saturated carbocycles. The maximum Gasteiger partial charge on any atom is 0.359 e. The van der Waals surface area contributed by atoms with Gasteiger partial charge in [-0.3, -0.25) is 14.5 Å². The van der Waals surface area contributed by atoms with Gasteiger partial charge >= 0.3 is 5.97 Å². The van der Waals surface area contributed by atoms with E-state index in [1.165, 1.54) is 49.1 Å². The number of anilines is 2. The van der Waals surface area contributed by atoms with Crippen molar-refractivity contribution < 1.29 is 22.7 Å². The molecule has 0 unspecified atom stereocenters. The minimum Gasteiger partial charge on any atom is -0.451 e. The molecular weight excluding hydrogens is 406 g/mol. The van der Waals surface area contributed by atoms with Crippen molar-refractivity contribution in [3.63, 3.8) is 0 Å². The normalized spacial score (nSPS) is 10.9. The van der Waals surface area contributed by atoms with Crippen LogP contribution in [0.3, 0.4) is 0 Å². The van der Waals surface area contributed by atoms with Gasteiger partial charge in [0, 0.05) is 29.7 Å². The molecule has 0 atom stereocenters. The summed E-state index contributed by atoms with van der Waals surface area (Å²) in [6.45, 7) is -0.527. The third kappa shape index (κ3) is 5.08. The summed E-state index contributed by atoms with van der Waals surface area (Å²) in [5.74, 6) is -1.37. The third-order valence-corrected chi connectivity index (χ3v) is 5.38. The molecule has 12 heteroatoms. The average Bonchev–Trinajstić information content (AvgIpc) is 3.19. The van der Waals surface area contributed by atoms with Crippen LogP contribution in [0.1, 0.15) is 10.5 Å². The molecule has 0 radical (unpaired) electrons. The van der Waals surface area contributed by atoms with Crippen molar-refractivity contribution in [2.24, 2.45) is 0 Å². The number of hydrogen-bond acceptors (Lipinski definition) is 9. The van der Waals surface area contributed by atoms with Crippen molar-refractivity contribution in [1.29, 1.82) is 0 Å². The van der Waals surface area contributed by atoms with E-state index in [0.29, 0.717) is 5.69 Å². The first-order chi connectivity index (χ1) is 13.4. The smallest absolute Gasteiger partial charge is 0.359 e. The van der Waals surface area contributed by atoms with Gasteiger partial charge in [0.15, 0.2) is 17.4 Å². The predicted octanol–water partition coefficient (Wildman–Crippen LogP) is 1.53. The van der Waals surface area contributed by atoms with Gasteiger partial charge in [0.05, 0.1) is 11.1 Å². The number of carbonyl (C=O) groups is 2. The molecule has 1 amide bonds. The molecule has 0 aliphatic rings. The van der Waals surface area contributed by atoms with Gasteiger partial charge in [-0.25, -0.2) is 23.2 Å². The first-order valence-electron chi connectivity index (χ1n) is 7.69. The Labute approximate surface area is 163 Å². The number of carbonyl (C=O) groups excluding carboxylic acids is 2. The number of amides is 1. The summed E-state index contributed by atoms with van der Waals surface area (Å²) in [5.41, 5.74) is 0.325. The van der Waals surface area contributed by atoms with Gasteiger partial charge < -0.3 is 10.1 Å². The number of nitrogens with one attached hydrogen (secondary N) is 2. The molecular formula is C16H13N5O5S2. The molecule has 0 aliphatic heterocycles. The Balaban J connectivity index is 1.55. The molecule has 0 saturated heterocycles. The Morgan fingerprint density at radius 2 is 1.86 bits per heavy atom. The van der Waals surface area contributed by atoms with Gasteiger partial charge in [-0.1, -0.05) is 0 Å². The molecule has 144 valence electrons. The number of benzene rings is 1. The molecule has 2 N–H and O–H groups in total. The van der Waals surface area contributed by atoms with E-state index >= 15 is 0 Å². The molecule has 0 bridgehead atoms. The molecule has 0 fully saturated rings. The van der Waals surface area contributed by atoms with Crippen LogP contribution in [0, 0.1) is 0 Å². The van der Waals surface area contributed by atoms with Crippen LogP contribution in [0.4, 0.5) is 10.8 Å². The summed E-state index contributed by atoms with van der Waals surface area (Å²) >= 11 is 1.15. The highest BCUT2D eigenvalue weighted by atomic mass is 32.2. The average molecular weight is 419 g/mol. The second-order valence-corrected chi connectivity index (χ2v) is 7.76. The number of hydrogen-bond donors (Lipinski definition) is 2. The van der Waals surface area contributed by atoms with Crippen molar-refractivity contribution in [1.82, 2.24) is 15.0 Å². The third-order valence-electron chi connectivity index (χ3n) is 3.21. The zero-order valence-electron chi connectivity index (χ0n) is 14.1. The fraction of sp³-hybridized carbons (Fsp3) is 0.0625. The second-order valence-electron chi connectivity index (χ2n) is 5.18. The second kappa shape index (κ2) is 8.54. The van der Waals surface area contributed by atoms with E-state index in [2.05, 4.69) is 25.0 Å². The van der Waals surface area contributed by atoms with Crippen LogP contribution >= 0.6 is 11.3 Å². The van der Waals surface area contributed by atoms with Gasteiger partial charge in [0.25, 0.3) is 15.9 Å². The molecule has 0 spiro atoms. The van der Waals surface area contributed by atoms with Gasteiger partial charge in [-0.2, -0.15) is 0 Å². The highest BCUT2D eigenvalue weighted by Crippen LogP contribution is 2.19. The fourth-order valence-corrected chi connectivity index (χ4v) is 3.76. The van der Waals surface area contributed by atoms with Gasteiger partial charge in [0.2, 0.25) is 0 Å². The number of sulfonamides is 1. The van der Waals surface area contributed by atoms with Crippen LogP contribution in [0.5, 0.6) is 0 Å². The molecule has 3 rings (SSSR count). The Bertz CT molecular complexity index is 1050. The minimum absolute atomic E-state index is 0.00905. The lowest BCUT2D eigenvalue weighted by atomic mass is 10.3. The molecule has 2 heterocycles. The van der Waals surface area contributed by atoms with Crippen molar-refractivity contribution in [3.8, 4) is 0 Å². The number of esters is 1. The largest absolute Gasteiger partial charge is 0.451 e. The van der Waals surface area contributed by atoms with E-state index < -0.39 is 28.5 Å².